The van der Waals surface area contributed by atoms with Gasteiger partial charge in [-0.05, 0) is 27.2 Å². The maximum atomic E-state index is 11.6. The average molecular weight is 240 g/mol. The third-order valence-corrected chi connectivity index (χ3v) is 2.53. The molecular weight excluding hydrogens is 216 g/mol. The molecule has 1 rings (SSSR count). The first-order valence-corrected chi connectivity index (χ1v) is 6.40. The van der Waals surface area contributed by atoms with Crippen LogP contribution in [0.15, 0.2) is 4.99 Å². The van der Waals surface area contributed by atoms with Crippen molar-refractivity contribution in [2.75, 3.05) is 13.1 Å². The van der Waals surface area contributed by atoms with Crippen LogP contribution in [0.25, 0.3) is 0 Å². The molecule has 0 aromatic rings. The number of hydrogen-bond donors (Lipinski definition) is 0. The van der Waals surface area contributed by atoms with E-state index in [-0.39, 0.29) is 5.97 Å². The Balaban J connectivity index is 2.26. The first-order chi connectivity index (χ1) is 7.90. The number of carbonyl (C=O) groups excluding carboxylic acids is 1. The summed E-state index contributed by atoms with van der Waals surface area (Å²) in [4.78, 5) is 17.9. The molecule has 4 heteroatoms. The van der Waals surface area contributed by atoms with Crippen LogP contribution in [-0.2, 0) is 9.53 Å². The monoisotopic (exact) mass is 240 g/mol. The predicted octanol–water partition coefficient (Wildman–Crippen LogP) is 2.23. The van der Waals surface area contributed by atoms with Crippen LogP contribution in [0.1, 0.15) is 47.0 Å². The van der Waals surface area contributed by atoms with E-state index in [1.807, 2.05) is 25.7 Å². The molecule has 0 amide bonds. The van der Waals surface area contributed by atoms with Gasteiger partial charge in [0.2, 0.25) is 0 Å². The molecule has 1 heterocycles. The van der Waals surface area contributed by atoms with Gasteiger partial charge in [0.15, 0.2) is 0 Å². The second-order valence-corrected chi connectivity index (χ2v) is 5.58. The summed E-state index contributed by atoms with van der Waals surface area (Å²) in [5.41, 5.74) is -0.407. The third kappa shape index (κ3) is 5.71. The Bertz CT molecular complexity index is 282. The van der Waals surface area contributed by atoms with Crippen molar-refractivity contribution >= 4 is 12.3 Å². The third-order valence-electron chi connectivity index (χ3n) is 2.53. The number of carbonyl (C=O) groups is 1. The zero-order valence-electron chi connectivity index (χ0n) is 11.4. The van der Waals surface area contributed by atoms with Gasteiger partial charge in [-0.25, -0.2) is 0 Å². The van der Waals surface area contributed by atoms with E-state index >= 15 is 0 Å². The number of unbranched alkanes of at least 4 members (excludes halogenated alkanes) is 1. The molecule has 0 aromatic heterocycles. The molecular formula is C13H24N2O2. The highest BCUT2D eigenvalue weighted by Crippen LogP contribution is 2.12. The highest BCUT2D eigenvalue weighted by Gasteiger charge is 2.22. The van der Waals surface area contributed by atoms with Gasteiger partial charge in [0.25, 0.3) is 0 Å². The summed E-state index contributed by atoms with van der Waals surface area (Å²) in [5, 5.41) is 0. The first-order valence-electron chi connectivity index (χ1n) is 6.40. The average Bonchev–Trinajstić information content (AvgIpc) is 2.59. The highest BCUT2D eigenvalue weighted by atomic mass is 16.6. The second-order valence-electron chi connectivity index (χ2n) is 5.58. The van der Waals surface area contributed by atoms with Gasteiger partial charge in [-0.15, -0.1) is 0 Å². The normalized spacial score (nSPS) is 19.8. The van der Waals surface area contributed by atoms with E-state index in [1.54, 1.807) is 6.34 Å². The highest BCUT2D eigenvalue weighted by molar-refractivity contribution is 5.75. The predicted molar refractivity (Wildman–Crippen MR) is 69.2 cm³/mol. The summed E-state index contributed by atoms with van der Waals surface area (Å²) in [6, 6.07) is 0.359. The molecule has 0 saturated carbocycles. The molecule has 0 fully saturated rings. The molecule has 0 N–H and O–H groups in total. The Morgan fingerprint density at radius 2 is 2.24 bits per heavy atom. The van der Waals surface area contributed by atoms with Gasteiger partial charge in [0, 0.05) is 6.54 Å². The van der Waals surface area contributed by atoms with E-state index < -0.39 is 5.60 Å². The van der Waals surface area contributed by atoms with Crippen LogP contribution < -0.4 is 0 Å². The fourth-order valence-corrected chi connectivity index (χ4v) is 1.80. The number of rotatable bonds is 5. The van der Waals surface area contributed by atoms with Crippen LogP contribution in [0.4, 0.5) is 0 Å². The van der Waals surface area contributed by atoms with Crippen molar-refractivity contribution in [2.45, 2.75) is 58.6 Å². The fourth-order valence-electron chi connectivity index (χ4n) is 1.80. The Morgan fingerprint density at radius 3 is 2.82 bits per heavy atom. The topological polar surface area (TPSA) is 41.9 Å². The van der Waals surface area contributed by atoms with Gasteiger partial charge < -0.3 is 9.64 Å². The van der Waals surface area contributed by atoms with Crippen LogP contribution in [0, 0.1) is 0 Å². The number of ether oxygens (including phenoxy) is 1. The van der Waals surface area contributed by atoms with Gasteiger partial charge in [0.05, 0.1) is 12.4 Å². The number of aliphatic imine (C=N–C) groups is 1. The molecule has 0 bridgehead atoms. The van der Waals surface area contributed by atoms with Crippen LogP contribution in [0.2, 0.25) is 0 Å². The summed E-state index contributed by atoms with van der Waals surface area (Å²) >= 11 is 0. The zero-order valence-corrected chi connectivity index (χ0v) is 11.4. The lowest BCUT2D eigenvalue weighted by molar-refractivity contribution is -0.155. The van der Waals surface area contributed by atoms with Crippen molar-refractivity contribution in [2.24, 2.45) is 4.99 Å². The van der Waals surface area contributed by atoms with E-state index in [4.69, 9.17) is 4.74 Å². The van der Waals surface area contributed by atoms with Crippen molar-refractivity contribution in [3.63, 3.8) is 0 Å². The Hall–Kier alpha value is -1.06. The van der Waals surface area contributed by atoms with Crippen molar-refractivity contribution in [3.8, 4) is 0 Å². The second kappa shape index (κ2) is 6.03. The molecule has 4 nitrogen and oxygen atoms in total. The smallest absolute Gasteiger partial charge is 0.326 e. The maximum Gasteiger partial charge on any atom is 0.326 e. The summed E-state index contributed by atoms with van der Waals surface area (Å²) in [7, 11) is 0. The van der Waals surface area contributed by atoms with E-state index in [9.17, 15) is 4.79 Å². The van der Waals surface area contributed by atoms with Crippen molar-refractivity contribution in [1.82, 2.24) is 4.90 Å². The minimum absolute atomic E-state index is 0.180. The van der Waals surface area contributed by atoms with Gasteiger partial charge in [-0.1, -0.05) is 19.8 Å². The van der Waals surface area contributed by atoms with E-state index in [0.29, 0.717) is 12.6 Å². The summed E-state index contributed by atoms with van der Waals surface area (Å²) in [6.45, 7) is 8.98. The maximum absolute atomic E-state index is 11.6. The van der Waals surface area contributed by atoms with Crippen LogP contribution >= 0.6 is 0 Å². The summed E-state index contributed by atoms with van der Waals surface area (Å²) in [5.74, 6) is -0.180. The van der Waals surface area contributed by atoms with Crippen molar-refractivity contribution in [1.29, 1.82) is 0 Å². The SMILES string of the molecule is CCCCC1CN(CC(=O)OC(C)(C)C)C=N1. The van der Waals surface area contributed by atoms with Gasteiger partial charge in [0.1, 0.15) is 12.1 Å². The lowest BCUT2D eigenvalue weighted by Crippen LogP contribution is -2.34. The molecule has 0 spiro atoms. The summed E-state index contributed by atoms with van der Waals surface area (Å²) < 4.78 is 5.27. The van der Waals surface area contributed by atoms with Gasteiger partial charge >= 0.3 is 5.97 Å². The van der Waals surface area contributed by atoms with Crippen molar-refractivity contribution in [3.05, 3.63) is 0 Å². The lowest BCUT2D eigenvalue weighted by Gasteiger charge is -2.22. The molecule has 1 aliphatic rings. The first kappa shape index (κ1) is 14.0. The number of nitrogens with zero attached hydrogens (tertiary/aromatic N) is 2. The Labute approximate surface area is 104 Å². The molecule has 1 atom stereocenters. The largest absolute Gasteiger partial charge is 0.459 e. The summed E-state index contributed by atoms with van der Waals surface area (Å²) in [6.07, 6.45) is 5.28. The zero-order chi connectivity index (χ0) is 12.9. The molecule has 1 unspecified atom stereocenters. The molecule has 98 valence electrons. The van der Waals surface area contributed by atoms with Gasteiger partial charge in [-0.3, -0.25) is 9.79 Å². The van der Waals surface area contributed by atoms with E-state index in [2.05, 4.69) is 11.9 Å². The van der Waals surface area contributed by atoms with Crippen LogP contribution in [0.3, 0.4) is 0 Å². The van der Waals surface area contributed by atoms with Crippen LogP contribution in [-0.4, -0.2) is 41.9 Å². The fraction of sp³-hybridized carbons (Fsp3) is 0.846. The minimum Gasteiger partial charge on any atom is -0.459 e. The minimum atomic E-state index is -0.407. The van der Waals surface area contributed by atoms with E-state index in [0.717, 1.165) is 13.0 Å². The quantitative estimate of drug-likeness (QED) is 0.692. The molecule has 17 heavy (non-hydrogen) atoms. The molecule has 0 saturated heterocycles. The Kier molecular flexibility index (Phi) is 4.97. The number of esters is 1. The Morgan fingerprint density at radius 1 is 1.53 bits per heavy atom. The van der Waals surface area contributed by atoms with Crippen molar-refractivity contribution < 1.29 is 9.53 Å². The molecule has 0 radical (unpaired) electrons. The van der Waals surface area contributed by atoms with Gasteiger partial charge in [-0.2, -0.15) is 0 Å². The van der Waals surface area contributed by atoms with E-state index in [1.165, 1.54) is 12.8 Å². The van der Waals surface area contributed by atoms with Crippen LogP contribution in [0.5, 0.6) is 0 Å². The number of hydrogen-bond acceptors (Lipinski definition) is 4. The standard InChI is InChI=1S/C13H24N2O2/c1-5-6-7-11-8-15(10-14-11)9-12(16)17-13(2,3)4/h10-11H,5-9H2,1-4H3. The molecule has 1 aliphatic heterocycles. The molecule has 0 aliphatic carbocycles. The lowest BCUT2D eigenvalue weighted by atomic mass is 10.1. The molecule has 0 aromatic carbocycles.